The van der Waals surface area contributed by atoms with Gasteiger partial charge in [-0.15, -0.1) is 0 Å². The molecule has 0 amide bonds. The first-order valence-electron chi connectivity index (χ1n) is 4.67. The van der Waals surface area contributed by atoms with Crippen LogP contribution in [0.2, 0.25) is 0 Å². The maximum atomic E-state index is 3.16. The number of hydrogen-bond donors (Lipinski definition) is 1. The second kappa shape index (κ2) is 6.13. The molecule has 0 unspecified atom stereocenters. The fourth-order valence-electron chi connectivity index (χ4n) is 1.30. The van der Waals surface area contributed by atoms with Crippen LogP contribution in [-0.2, 0) is 6.54 Å². The van der Waals surface area contributed by atoms with Crippen LogP contribution in [0.3, 0.4) is 0 Å². The molecule has 0 atom stereocenters. The Labute approximate surface area is 84.6 Å². The van der Waals surface area contributed by atoms with Crippen LogP contribution in [0.1, 0.15) is 12.0 Å². The molecular weight excluding hydrogens is 180 g/mol. The number of hydrogen-bond acceptors (Lipinski definition) is 3. The molecule has 2 nitrogen and oxygen atoms in total. The molecule has 0 bridgehead atoms. The first-order valence-corrected chi connectivity index (χ1v) is 5.61. The maximum Gasteiger partial charge on any atom is 0.0238 e. The zero-order valence-corrected chi connectivity index (χ0v) is 9.23. The molecule has 0 saturated heterocycles. The van der Waals surface area contributed by atoms with Crippen LogP contribution in [-0.4, -0.2) is 32.1 Å². The predicted octanol–water partition coefficient (Wildman–Crippen LogP) is 1.79. The number of thiophene rings is 1. The molecule has 1 N–H and O–H groups in total. The lowest BCUT2D eigenvalue weighted by atomic mass is 10.3. The molecule has 1 aromatic rings. The van der Waals surface area contributed by atoms with E-state index in [1.807, 2.05) is 7.05 Å². The highest BCUT2D eigenvalue weighted by atomic mass is 32.1. The third-order valence-corrected chi connectivity index (χ3v) is 2.73. The Bertz CT molecular complexity index is 209. The summed E-state index contributed by atoms with van der Waals surface area (Å²) < 4.78 is 0. The summed E-state index contributed by atoms with van der Waals surface area (Å²) in [5.74, 6) is 0. The molecule has 0 fully saturated rings. The summed E-state index contributed by atoms with van der Waals surface area (Å²) in [7, 11) is 4.17. The molecular formula is C10H18N2S. The van der Waals surface area contributed by atoms with Crippen LogP contribution in [0.4, 0.5) is 0 Å². The van der Waals surface area contributed by atoms with Crippen molar-refractivity contribution in [2.75, 3.05) is 27.2 Å². The molecule has 1 rings (SSSR count). The normalized spacial score (nSPS) is 11.0. The van der Waals surface area contributed by atoms with Gasteiger partial charge in [-0.1, -0.05) is 0 Å². The minimum Gasteiger partial charge on any atom is -0.320 e. The molecule has 74 valence electrons. The standard InChI is InChI=1S/C10H18N2S/c1-11-5-3-6-12(2)8-10-4-7-13-9-10/h4,7,9,11H,3,5-6,8H2,1-2H3. The smallest absolute Gasteiger partial charge is 0.0238 e. The lowest BCUT2D eigenvalue weighted by molar-refractivity contribution is 0.321. The molecule has 1 heterocycles. The Morgan fingerprint density at radius 1 is 1.54 bits per heavy atom. The second-order valence-electron chi connectivity index (χ2n) is 3.33. The summed E-state index contributed by atoms with van der Waals surface area (Å²) in [6.07, 6.45) is 1.22. The van der Waals surface area contributed by atoms with Gasteiger partial charge in [-0.2, -0.15) is 11.3 Å². The van der Waals surface area contributed by atoms with Crippen LogP contribution in [0.5, 0.6) is 0 Å². The molecule has 0 aromatic carbocycles. The van der Waals surface area contributed by atoms with Gasteiger partial charge in [0.2, 0.25) is 0 Å². The van der Waals surface area contributed by atoms with Crippen molar-refractivity contribution >= 4 is 11.3 Å². The van der Waals surface area contributed by atoms with E-state index in [2.05, 4.69) is 34.1 Å². The van der Waals surface area contributed by atoms with E-state index < -0.39 is 0 Å². The van der Waals surface area contributed by atoms with Gasteiger partial charge in [-0.05, 0) is 56.0 Å². The van der Waals surface area contributed by atoms with Crippen LogP contribution in [0.25, 0.3) is 0 Å². The lowest BCUT2D eigenvalue weighted by Gasteiger charge is -2.15. The molecule has 0 aliphatic carbocycles. The van der Waals surface area contributed by atoms with E-state index in [0.717, 1.165) is 19.6 Å². The molecule has 0 aliphatic heterocycles. The summed E-state index contributed by atoms with van der Waals surface area (Å²) >= 11 is 1.77. The second-order valence-corrected chi connectivity index (χ2v) is 4.11. The van der Waals surface area contributed by atoms with Crippen LogP contribution in [0, 0.1) is 0 Å². The summed E-state index contributed by atoms with van der Waals surface area (Å²) in [6, 6.07) is 2.19. The van der Waals surface area contributed by atoms with Crippen molar-refractivity contribution in [3.8, 4) is 0 Å². The minimum atomic E-state index is 1.08. The predicted molar refractivity (Wildman–Crippen MR) is 59.2 cm³/mol. The summed E-state index contributed by atoms with van der Waals surface area (Å²) in [6.45, 7) is 3.35. The SMILES string of the molecule is CNCCCN(C)Cc1ccsc1. The van der Waals surface area contributed by atoms with Crippen molar-refractivity contribution in [2.24, 2.45) is 0 Å². The first kappa shape index (κ1) is 10.7. The zero-order valence-electron chi connectivity index (χ0n) is 8.42. The van der Waals surface area contributed by atoms with Crippen LogP contribution < -0.4 is 5.32 Å². The lowest BCUT2D eigenvalue weighted by Crippen LogP contribution is -2.22. The molecule has 0 saturated carbocycles. The van der Waals surface area contributed by atoms with E-state index in [0.29, 0.717) is 0 Å². The largest absolute Gasteiger partial charge is 0.320 e. The summed E-state index contributed by atoms with van der Waals surface area (Å²) in [5, 5.41) is 7.51. The van der Waals surface area contributed by atoms with Crippen molar-refractivity contribution in [3.63, 3.8) is 0 Å². The number of rotatable bonds is 6. The Hall–Kier alpha value is -0.380. The molecule has 13 heavy (non-hydrogen) atoms. The number of nitrogens with one attached hydrogen (secondary N) is 1. The van der Waals surface area contributed by atoms with Gasteiger partial charge in [0.05, 0.1) is 0 Å². The van der Waals surface area contributed by atoms with Gasteiger partial charge >= 0.3 is 0 Å². The van der Waals surface area contributed by atoms with Crippen molar-refractivity contribution in [3.05, 3.63) is 22.4 Å². The van der Waals surface area contributed by atoms with Gasteiger partial charge in [0.1, 0.15) is 0 Å². The van der Waals surface area contributed by atoms with Crippen molar-refractivity contribution in [2.45, 2.75) is 13.0 Å². The molecule has 0 radical (unpaired) electrons. The topological polar surface area (TPSA) is 15.3 Å². The summed E-state index contributed by atoms with van der Waals surface area (Å²) in [4.78, 5) is 2.36. The van der Waals surface area contributed by atoms with E-state index >= 15 is 0 Å². The Kier molecular flexibility index (Phi) is 5.05. The average molecular weight is 198 g/mol. The number of nitrogens with zero attached hydrogens (tertiary/aromatic N) is 1. The summed E-state index contributed by atoms with van der Waals surface area (Å²) in [5.41, 5.74) is 1.43. The van der Waals surface area contributed by atoms with Crippen molar-refractivity contribution in [1.29, 1.82) is 0 Å². The third kappa shape index (κ3) is 4.41. The quantitative estimate of drug-likeness (QED) is 0.701. The van der Waals surface area contributed by atoms with Gasteiger partial charge in [-0.25, -0.2) is 0 Å². The van der Waals surface area contributed by atoms with E-state index in [-0.39, 0.29) is 0 Å². The van der Waals surface area contributed by atoms with Crippen LogP contribution in [0.15, 0.2) is 16.8 Å². The zero-order chi connectivity index (χ0) is 9.52. The van der Waals surface area contributed by atoms with Crippen molar-refractivity contribution in [1.82, 2.24) is 10.2 Å². The Balaban J connectivity index is 2.14. The fourth-order valence-corrected chi connectivity index (χ4v) is 1.96. The molecule has 3 heteroatoms. The third-order valence-electron chi connectivity index (χ3n) is 2.00. The highest BCUT2D eigenvalue weighted by Gasteiger charge is 1.99. The van der Waals surface area contributed by atoms with Crippen molar-refractivity contribution < 1.29 is 0 Å². The molecule has 1 aromatic heterocycles. The minimum absolute atomic E-state index is 1.08. The van der Waals surface area contributed by atoms with E-state index in [1.165, 1.54) is 12.0 Å². The monoisotopic (exact) mass is 198 g/mol. The van der Waals surface area contributed by atoms with E-state index in [1.54, 1.807) is 11.3 Å². The highest BCUT2D eigenvalue weighted by molar-refractivity contribution is 7.07. The van der Waals surface area contributed by atoms with Gasteiger partial charge < -0.3 is 10.2 Å². The average Bonchev–Trinajstić information content (AvgIpc) is 2.57. The maximum absolute atomic E-state index is 3.16. The van der Waals surface area contributed by atoms with E-state index in [4.69, 9.17) is 0 Å². The first-order chi connectivity index (χ1) is 6.33. The fraction of sp³-hybridized carbons (Fsp3) is 0.600. The van der Waals surface area contributed by atoms with Gasteiger partial charge in [0.25, 0.3) is 0 Å². The Morgan fingerprint density at radius 2 is 2.38 bits per heavy atom. The van der Waals surface area contributed by atoms with Gasteiger partial charge in [0.15, 0.2) is 0 Å². The molecule has 0 spiro atoms. The van der Waals surface area contributed by atoms with Crippen LogP contribution >= 0.6 is 11.3 Å². The van der Waals surface area contributed by atoms with E-state index in [9.17, 15) is 0 Å². The molecule has 0 aliphatic rings. The van der Waals surface area contributed by atoms with Gasteiger partial charge in [0, 0.05) is 6.54 Å². The highest BCUT2D eigenvalue weighted by Crippen LogP contribution is 2.08. The van der Waals surface area contributed by atoms with Gasteiger partial charge in [-0.3, -0.25) is 0 Å². The Morgan fingerprint density at radius 3 is 3.00 bits per heavy atom.